The Hall–Kier alpha value is -1.70. The summed E-state index contributed by atoms with van der Waals surface area (Å²) in [6, 6.07) is -1.59. The first-order valence-corrected chi connectivity index (χ1v) is 7.12. The molecule has 0 heterocycles. The lowest BCUT2D eigenvalue weighted by molar-refractivity contribution is -0.166. The van der Waals surface area contributed by atoms with E-state index in [-0.39, 0.29) is 0 Å². The molecule has 0 aliphatic heterocycles. The van der Waals surface area contributed by atoms with Crippen molar-refractivity contribution >= 4 is 5.97 Å². The van der Waals surface area contributed by atoms with E-state index in [9.17, 15) is 26.7 Å². The molecule has 0 spiro atoms. The van der Waals surface area contributed by atoms with Crippen LogP contribution in [0, 0.1) is 39.9 Å². The molecule has 1 radical (unpaired) electrons. The summed E-state index contributed by atoms with van der Waals surface area (Å²) in [5.74, 6) is -11.2. The smallest absolute Gasteiger partial charge is 0.332 e. The summed E-state index contributed by atoms with van der Waals surface area (Å²) in [7, 11) is 0. The number of hydrogen-bond donors (Lipinski definition) is 0. The Bertz CT molecular complexity index is 618. The van der Waals surface area contributed by atoms with Crippen molar-refractivity contribution < 1.29 is 31.6 Å². The van der Waals surface area contributed by atoms with Gasteiger partial charge in [-0.3, -0.25) is 0 Å². The molecule has 0 aliphatic carbocycles. The fraction of sp³-hybridized carbons (Fsp3) is 0.562. The highest BCUT2D eigenvalue weighted by Crippen LogP contribution is 2.38. The molecule has 0 amide bonds. The summed E-state index contributed by atoms with van der Waals surface area (Å²) in [5.41, 5.74) is 0.299. The maximum Gasteiger partial charge on any atom is 0.332 e. The van der Waals surface area contributed by atoms with Gasteiger partial charge in [-0.15, -0.1) is 0 Å². The Morgan fingerprint density at radius 3 is 1.54 bits per heavy atom. The number of carbonyl (C=O) groups excluding carboxylic acids is 1. The van der Waals surface area contributed by atoms with Crippen LogP contribution in [0.1, 0.15) is 53.1 Å². The van der Waals surface area contributed by atoms with Gasteiger partial charge in [-0.25, -0.2) is 26.7 Å². The number of carbonyl (C=O) groups is 1. The lowest BCUT2D eigenvalue weighted by atomic mass is 9.82. The summed E-state index contributed by atoms with van der Waals surface area (Å²) in [4.78, 5) is 16.5. The Kier molecular flexibility index (Phi) is 5.65. The van der Waals surface area contributed by atoms with E-state index in [4.69, 9.17) is 0 Å². The highest BCUT2D eigenvalue weighted by molar-refractivity contribution is 5.75. The van der Waals surface area contributed by atoms with E-state index in [1.54, 1.807) is 0 Å². The molecule has 0 saturated heterocycles. The molecule has 1 atom stereocenters. The highest BCUT2D eigenvalue weighted by atomic mass is 19.2. The second-order valence-corrected chi connectivity index (χ2v) is 7.49. The molecule has 0 bridgehead atoms. The molecule has 1 rings (SSSR count). The fourth-order valence-corrected chi connectivity index (χ4v) is 1.74. The van der Waals surface area contributed by atoms with Gasteiger partial charge in [0.2, 0.25) is 5.82 Å². The first kappa shape index (κ1) is 20.3. The van der Waals surface area contributed by atoms with Gasteiger partial charge in [0, 0.05) is 0 Å². The highest BCUT2D eigenvalue weighted by Gasteiger charge is 2.39. The molecular formula is C16H19F5NO2. The number of hydroxylamine groups is 1. The van der Waals surface area contributed by atoms with E-state index in [1.165, 1.54) is 41.5 Å². The van der Waals surface area contributed by atoms with Gasteiger partial charge in [-0.2, -0.15) is 0 Å². The summed E-state index contributed by atoms with van der Waals surface area (Å²) >= 11 is 0. The van der Waals surface area contributed by atoms with Crippen molar-refractivity contribution in [3.63, 3.8) is 0 Å². The molecule has 0 saturated carbocycles. The van der Waals surface area contributed by atoms with Crippen molar-refractivity contribution in [2.75, 3.05) is 0 Å². The van der Waals surface area contributed by atoms with Crippen LogP contribution in [-0.2, 0) is 9.63 Å². The van der Waals surface area contributed by atoms with Crippen LogP contribution in [0.2, 0.25) is 0 Å². The van der Waals surface area contributed by atoms with Crippen molar-refractivity contribution in [3.8, 4) is 0 Å². The van der Waals surface area contributed by atoms with Crippen LogP contribution < -0.4 is 5.48 Å². The predicted molar refractivity (Wildman–Crippen MR) is 76.1 cm³/mol. The second kappa shape index (κ2) is 6.66. The second-order valence-electron chi connectivity index (χ2n) is 7.49. The third-order valence-corrected chi connectivity index (χ3v) is 3.19. The van der Waals surface area contributed by atoms with Crippen LogP contribution in [0.3, 0.4) is 0 Å². The SMILES string of the molecule is CC(C)(C)C(=O)O[N]C(c1c(F)c(F)c(F)c(F)c1F)C(C)(C)C. The van der Waals surface area contributed by atoms with E-state index in [0.29, 0.717) is 0 Å². The zero-order valence-electron chi connectivity index (χ0n) is 14.2. The summed E-state index contributed by atoms with van der Waals surface area (Å²) < 4.78 is 68.1. The first-order valence-electron chi connectivity index (χ1n) is 7.12. The van der Waals surface area contributed by atoms with Crippen molar-refractivity contribution in [2.24, 2.45) is 10.8 Å². The van der Waals surface area contributed by atoms with E-state index in [0.717, 1.165) is 0 Å². The Morgan fingerprint density at radius 2 is 1.21 bits per heavy atom. The average Bonchev–Trinajstić information content (AvgIpc) is 2.43. The summed E-state index contributed by atoms with van der Waals surface area (Å²) in [5, 5.41) is 0. The normalized spacial score (nSPS) is 13.8. The Morgan fingerprint density at radius 1 is 0.833 bits per heavy atom. The first-order chi connectivity index (χ1) is 10.7. The van der Waals surface area contributed by atoms with Gasteiger partial charge in [0.15, 0.2) is 23.3 Å². The van der Waals surface area contributed by atoms with Crippen molar-refractivity contribution in [2.45, 2.75) is 47.6 Å². The molecule has 3 nitrogen and oxygen atoms in total. The fourth-order valence-electron chi connectivity index (χ4n) is 1.74. The van der Waals surface area contributed by atoms with Crippen molar-refractivity contribution in [1.29, 1.82) is 0 Å². The minimum atomic E-state index is -2.26. The quantitative estimate of drug-likeness (QED) is 0.346. The number of halogens is 5. The largest absolute Gasteiger partial charge is 0.349 e. The number of rotatable bonds is 3. The van der Waals surface area contributed by atoms with Crippen LogP contribution in [0.5, 0.6) is 0 Å². The molecule has 0 aromatic heterocycles. The van der Waals surface area contributed by atoms with E-state index >= 15 is 0 Å². The summed E-state index contributed by atoms with van der Waals surface area (Å²) in [6.45, 7) is 8.96. The molecule has 0 fully saturated rings. The topological polar surface area (TPSA) is 40.4 Å². The predicted octanol–water partition coefficient (Wildman–Crippen LogP) is 4.58. The van der Waals surface area contributed by atoms with E-state index in [2.05, 4.69) is 10.3 Å². The average molecular weight is 352 g/mol. The molecule has 1 aromatic rings. The van der Waals surface area contributed by atoms with Crippen LogP contribution in [0.25, 0.3) is 0 Å². The Balaban J connectivity index is 3.37. The van der Waals surface area contributed by atoms with Crippen LogP contribution >= 0.6 is 0 Å². The van der Waals surface area contributed by atoms with Gasteiger partial charge in [-0.1, -0.05) is 20.8 Å². The van der Waals surface area contributed by atoms with Crippen molar-refractivity contribution in [1.82, 2.24) is 5.48 Å². The molecule has 1 unspecified atom stereocenters. The van der Waals surface area contributed by atoms with Crippen LogP contribution in [0.4, 0.5) is 22.0 Å². The van der Waals surface area contributed by atoms with Gasteiger partial charge in [0.05, 0.1) is 11.0 Å². The zero-order valence-corrected chi connectivity index (χ0v) is 14.2. The van der Waals surface area contributed by atoms with E-state index < -0.39 is 57.5 Å². The minimum absolute atomic E-state index is 0.805. The van der Waals surface area contributed by atoms with Gasteiger partial charge in [-0.05, 0) is 31.7 Å². The maximum absolute atomic E-state index is 14.0. The molecule has 135 valence electrons. The Labute approximate surface area is 137 Å². The van der Waals surface area contributed by atoms with Crippen LogP contribution in [-0.4, -0.2) is 5.97 Å². The minimum Gasteiger partial charge on any atom is -0.349 e. The standard InChI is InChI=1S/C16H19F5NO2/c1-15(2,3)13(22-24-14(23)16(4,5)6)7-8(17)10(19)12(21)11(20)9(7)18/h13H,1-6H3. The van der Waals surface area contributed by atoms with Crippen LogP contribution in [0.15, 0.2) is 0 Å². The van der Waals surface area contributed by atoms with Crippen molar-refractivity contribution in [3.05, 3.63) is 34.6 Å². The number of benzene rings is 1. The molecule has 0 aliphatic rings. The van der Waals surface area contributed by atoms with Gasteiger partial charge in [0.1, 0.15) is 6.04 Å². The number of hydrogen-bond acceptors (Lipinski definition) is 2. The lowest BCUT2D eigenvalue weighted by Gasteiger charge is -2.30. The molecular weight excluding hydrogens is 333 g/mol. The molecule has 0 N–H and O–H groups in total. The van der Waals surface area contributed by atoms with Gasteiger partial charge >= 0.3 is 5.97 Å². The zero-order chi connectivity index (χ0) is 19.0. The molecule has 24 heavy (non-hydrogen) atoms. The lowest BCUT2D eigenvalue weighted by Crippen LogP contribution is -2.34. The van der Waals surface area contributed by atoms with E-state index in [1.807, 2.05) is 0 Å². The third-order valence-electron chi connectivity index (χ3n) is 3.19. The maximum atomic E-state index is 14.0. The molecule has 8 heteroatoms. The van der Waals surface area contributed by atoms with Gasteiger partial charge in [0.25, 0.3) is 0 Å². The summed E-state index contributed by atoms with van der Waals surface area (Å²) in [6.07, 6.45) is 0. The third kappa shape index (κ3) is 4.03. The monoisotopic (exact) mass is 352 g/mol. The molecule has 1 aromatic carbocycles. The number of nitrogens with zero attached hydrogens (tertiary/aromatic N) is 1. The van der Waals surface area contributed by atoms with Gasteiger partial charge < -0.3 is 4.84 Å².